The fraction of sp³-hybridized carbons (Fsp3) is 0.250. The van der Waals surface area contributed by atoms with Crippen LogP contribution in [0.25, 0.3) is 21.9 Å². The van der Waals surface area contributed by atoms with Crippen LogP contribution < -0.4 is 20.3 Å². The Labute approximate surface area is 243 Å². The van der Waals surface area contributed by atoms with Gasteiger partial charge < -0.3 is 30.2 Å². The van der Waals surface area contributed by atoms with Gasteiger partial charge in [0, 0.05) is 55.2 Å². The second-order valence-corrected chi connectivity index (χ2v) is 10.9. The highest BCUT2D eigenvalue weighted by molar-refractivity contribution is 5.99. The summed E-state index contributed by atoms with van der Waals surface area (Å²) in [6, 6.07) is 17.5. The summed E-state index contributed by atoms with van der Waals surface area (Å²) in [5.74, 6) is 2.63. The summed E-state index contributed by atoms with van der Waals surface area (Å²) in [4.78, 5) is 34.3. The minimum Gasteiger partial charge on any atom is -0.438 e. The average Bonchev–Trinajstić information content (AvgIpc) is 3.76. The number of benzene rings is 2. The number of ether oxygens (including phenoxy) is 1. The highest BCUT2D eigenvalue weighted by atomic mass is 16.5. The third-order valence-corrected chi connectivity index (χ3v) is 7.81. The summed E-state index contributed by atoms with van der Waals surface area (Å²) < 4.78 is 6.34. The summed E-state index contributed by atoms with van der Waals surface area (Å²) in [6.07, 6.45) is 5.51. The van der Waals surface area contributed by atoms with Gasteiger partial charge in [-0.1, -0.05) is 12.6 Å². The molecular formula is C32H32N8O2. The lowest BCUT2D eigenvalue weighted by atomic mass is 10.1. The first-order valence-electron chi connectivity index (χ1n) is 14.2. The number of rotatable bonds is 8. The molecule has 10 heteroatoms. The number of anilines is 4. The predicted octanol–water partition coefficient (Wildman–Crippen LogP) is 5.80. The number of amides is 1. The molecule has 0 bridgehead atoms. The summed E-state index contributed by atoms with van der Waals surface area (Å²) in [6.45, 7) is 7.56. The Morgan fingerprint density at radius 1 is 1.02 bits per heavy atom. The molecule has 212 valence electrons. The van der Waals surface area contributed by atoms with Gasteiger partial charge in [0.05, 0.1) is 10.9 Å². The molecule has 0 unspecified atom stereocenters. The van der Waals surface area contributed by atoms with E-state index in [1.165, 1.54) is 6.08 Å². The van der Waals surface area contributed by atoms with Crippen LogP contribution in [0.3, 0.4) is 0 Å². The minimum atomic E-state index is -0.286. The van der Waals surface area contributed by atoms with Gasteiger partial charge in [-0.15, -0.1) is 0 Å². The van der Waals surface area contributed by atoms with Crippen molar-refractivity contribution in [1.82, 2.24) is 24.8 Å². The molecule has 2 aromatic carbocycles. The smallest absolute Gasteiger partial charge is 0.247 e. The Hall–Kier alpha value is -4.96. The van der Waals surface area contributed by atoms with Gasteiger partial charge in [-0.3, -0.25) is 4.79 Å². The van der Waals surface area contributed by atoms with Crippen molar-refractivity contribution in [3.63, 3.8) is 0 Å². The fourth-order valence-electron chi connectivity index (χ4n) is 5.34. The van der Waals surface area contributed by atoms with Crippen molar-refractivity contribution < 1.29 is 9.53 Å². The molecule has 2 fully saturated rings. The van der Waals surface area contributed by atoms with E-state index in [9.17, 15) is 4.79 Å². The molecule has 10 nitrogen and oxygen atoms in total. The van der Waals surface area contributed by atoms with Crippen molar-refractivity contribution in [3.8, 4) is 11.6 Å². The first kappa shape index (κ1) is 26.0. The van der Waals surface area contributed by atoms with Crippen molar-refractivity contribution in [2.45, 2.75) is 18.8 Å². The van der Waals surface area contributed by atoms with E-state index in [0.29, 0.717) is 34.8 Å². The number of nitrogens with zero attached hydrogens (tertiary/aromatic N) is 5. The van der Waals surface area contributed by atoms with E-state index in [4.69, 9.17) is 19.7 Å². The topological polar surface area (TPSA) is 111 Å². The van der Waals surface area contributed by atoms with Crippen LogP contribution in [-0.2, 0) is 4.79 Å². The zero-order valence-corrected chi connectivity index (χ0v) is 23.4. The molecule has 1 saturated heterocycles. The van der Waals surface area contributed by atoms with Crippen LogP contribution in [0.1, 0.15) is 24.3 Å². The van der Waals surface area contributed by atoms with Gasteiger partial charge in [-0.05, 0) is 79.9 Å². The third kappa shape index (κ3) is 5.36. The van der Waals surface area contributed by atoms with Gasteiger partial charge in [-0.25, -0.2) is 4.98 Å². The minimum absolute atomic E-state index is 0.286. The lowest BCUT2D eigenvalue weighted by molar-refractivity contribution is -0.111. The van der Waals surface area contributed by atoms with Crippen molar-refractivity contribution in [2.75, 3.05) is 48.8 Å². The van der Waals surface area contributed by atoms with Crippen LogP contribution in [0, 0.1) is 0 Å². The first-order chi connectivity index (χ1) is 20.5. The number of H-pyrrole nitrogens is 1. The Bertz CT molecular complexity index is 1800. The van der Waals surface area contributed by atoms with Crippen LogP contribution in [0.4, 0.5) is 23.1 Å². The van der Waals surface area contributed by atoms with Gasteiger partial charge in [0.1, 0.15) is 17.2 Å². The lowest BCUT2D eigenvalue weighted by Gasteiger charge is -2.33. The average molecular weight is 561 g/mol. The third-order valence-electron chi connectivity index (χ3n) is 7.81. The summed E-state index contributed by atoms with van der Waals surface area (Å²) in [5.41, 5.74) is 4.28. The number of nitrogens with one attached hydrogen (secondary N) is 3. The molecular weight excluding hydrogens is 528 g/mol. The number of carbonyl (C=O) groups excluding carboxylic acids is 1. The highest BCUT2D eigenvalue weighted by Gasteiger charge is 2.29. The largest absolute Gasteiger partial charge is 0.438 e. The van der Waals surface area contributed by atoms with E-state index in [1.807, 2.05) is 30.5 Å². The molecule has 42 heavy (non-hydrogen) atoms. The number of aromatic amines is 1. The Balaban J connectivity index is 1.18. The lowest BCUT2D eigenvalue weighted by Crippen LogP contribution is -2.44. The molecule has 2 aliphatic rings. The van der Waals surface area contributed by atoms with Gasteiger partial charge in [0.2, 0.25) is 17.7 Å². The maximum absolute atomic E-state index is 11.8. The van der Waals surface area contributed by atoms with Crippen LogP contribution in [0.5, 0.6) is 11.6 Å². The Morgan fingerprint density at radius 2 is 1.88 bits per heavy atom. The SMILES string of the molecule is C=CC(=O)Nc1cccc(Oc2nc(Nc3ccc4nc(N5CCN(C)CC5)ccc4c3)nc3[nH]cc(C4CC4)c23)c1. The fourth-order valence-corrected chi connectivity index (χ4v) is 5.34. The molecule has 1 amide bonds. The summed E-state index contributed by atoms with van der Waals surface area (Å²) in [5, 5.41) is 8.05. The molecule has 3 aromatic heterocycles. The normalized spacial score (nSPS) is 15.6. The standard InChI is InChI=1S/C32H32N8O2/c1-3-28(41)34-22-5-4-6-24(18-22)42-31-29-25(20-7-8-20)19-33-30(29)37-32(38-31)35-23-10-11-26-21(17-23)9-12-27(36-26)40-15-13-39(2)14-16-40/h3-6,9-12,17-20H,1,7-8,13-16H2,2H3,(H,34,41)(H2,33,35,37,38). The molecule has 4 heterocycles. The van der Waals surface area contributed by atoms with E-state index in [2.05, 4.69) is 57.2 Å². The number of hydrogen-bond donors (Lipinski definition) is 3. The number of piperazine rings is 1. The van der Waals surface area contributed by atoms with Crippen molar-refractivity contribution >= 4 is 51.0 Å². The van der Waals surface area contributed by atoms with Crippen LogP contribution in [-0.4, -0.2) is 64.0 Å². The number of aromatic nitrogens is 4. The summed E-state index contributed by atoms with van der Waals surface area (Å²) in [7, 11) is 2.15. The zero-order valence-electron chi connectivity index (χ0n) is 23.4. The highest BCUT2D eigenvalue weighted by Crippen LogP contribution is 2.45. The number of likely N-dealkylation sites (N-methyl/N-ethyl adjacent to an activating group) is 1. The number of hydrogen-bond acceptors (Lipinski definition) is 8. The van der Waals surface area contributed by atoms with Gasteiger partial charge >= 0.3 is 0 Å². The Morgan fingerprint density at radius 3 is 2.69 bits per heavy atom. The van der Waals surface area contributed by atoms with E-state index < -0.39 is 0 Å². The molecule has 3 N–H and O–H groups in total. The number of pyridine rings is 1. The second kappa shape index (κ2) is 10.8. The summed E-state index contributed by atoms with van der Waals surface area (Å²) >= 11 is 0. The van der Waals surface area contributed by atoms with Crippen molar-refractivity contribution in [2.24, 2.45) is 0 Å². The predicted molar refractivity (Wildman–Crippen MR) is 166 cm³/mol. The zero-order chi connectivity index (χ0) is 28.6. The van der Waals surface area contributed by atoms with Crippen LogP contribution >= 0.6 is 0 Å². The van der Waals surface area contributed by atoms with Gasteiger partial charge in [0.15, 0.2) is 0 Å². The maximum Gasteiger partial charge on any atom is 0.247 e. The van der Waals surface area contributed by atoms with E-state index in [1.54, 1.807) is 12.1 Å². The van der Waals surface area contributed by atoms with Gasteiger partial charge in [0.25, 0.3) is 0 Å². The molecule has 1 saturated carbocycles. The first-order valence-corrected chi connectivity index (χ1v) is 14.2. The Kier molecular flexibility index (Phi) is 6.67. The van der Waals surface area contributed by atoms with E-state index in [0.717, 1.165) is 72.4 Å². The van der Waals surface area contributed by atoms with Gasteiger partial charge in [-0.2, -0.15) is 9.97 Å². The molecule has 7 rings (SSSR count). The van der Waals surface area contributed by atoms with Crippen molar-refractivity contribution in [3.05, 3.63) is 79.0 Å². The molecule has 0 atom stereocenters. The molecule has 0 radical (unpaired) electrons. The number of carbonyl (C=O) groups is 1. The molecule has 1 aliphatic carbocycles. The quantitative estimate of drug-likeness (QED) is 0.204. The molecule has 0 spiro atoms. The van der Waals surface area contributed by atoms with Crippen molar-refractivity contribution in [1.29, 1.82) is 0 Å². The second-order valence-electron chi connectivity index (χ2n) is 10.9. The number of fused-ring (bicyclic) bond motifs is 2. The molecule has 5 aromatic rings. The van der Waals surface area contributed by atoms with E-state index >= 15 is 0 Å². The maximum atomic E-state index is 11.8. The van der Waals surface area contributed by atoms with E-state index in [-0.39, 0.29) is 5.91 Å². The van der Waals surface area contributed by atoms with Crippen LogP contribution in [0.15, 0.2) is 73.4 Å². The molecule has 1 aliphatic heterocycles. The van der Waals surface area contributed by atoms with Crippen LogP contribution in [0.2, 0.25) is 0 Å². The monoisotopic (exact) mass is 560 g/mol.